The van der Waals surface area contributed by atoms with Crippen molar-refractivity contribution >= 4 is 40.1 Å². The molecule has 2 aromatic heterocycles. The predicted molar refractivity (Wildman–Crippen MR) is 270 cm³/mol. The predicted octanol–water partition coefficient (Wildman–Crippen LogP) is 11.9. The van der Waals surface area contributed by atoms with Crippen LogP contribution in [0.15, 0.2) is 54.6 Å². The van der Waals surface area contributed by atoms with Gasteiger partial charge >= 0.3 is 18.3 Å². The van der Waals surface area contributed by atoms with Gasteiger partial charge in [-0.15, -0.1) is 0 Å². The first kappa shape index (κ1) is 52.1. The van der Waals surface area contributed by atoms with Crippen LogP contribution in [0, 0.1) is 22.5 Å². The summed E-state index contributed by atoms with van der Waals surface area (Å²) in [6.45, 7) is 8.89. The Bertz CT molecular complexity index is 3010. The van der Waals surface area contributed by atoms with Crippen LogP contribution in [-0.4, -0.2) is 114 Å². The standard InChI is InChI=1S/C55H59ClF7N7O6/c1-30-46-37-16-11-33(70(37)50(71)76-51(2,3)4)26-69(46)47-39-45(65-49(66-47)74-29-52(17-18-52)28-67-21-19-53(20-22-67)27-54(53,59)60)43(58)44(64-48(39)75-30)36-23-38(42(57)41(56)40(36)55(61,62)63)68(24-31-7-12-34(72-5)13-8-31)25-32-9-14-35(73-6)15-10-32/h7-10,12-15,23,30,33,37,46H,11,16-22,24-29H2,1-6H3/t30-,33+,37-,46+/m0/s1. The number of benzene rings is 3. The summed E-state index contributed by atoms with van der Waals surface area (Å²) in [6, 6.07) is 12.8. The summed E-state index contributed by atoms with van der Waals surface area (Å²) in [6.07, 6.45) is -3.28. The number of alkyl halides is 5. The lowest BCUT2D eigenvalue weighted by atomic mass is 9.92. The maximum absolute atomic E-state index is 18.1. The van der Waals surface area contributed by atoms with Crippen LogP contribution >= 0.6 is 11.6 Å². The van der Waals surface area contributed by atoms with E-state index in [2.05, 4.69) is 14.9 Å². The molecule has 76 heavy (non-hydrogen) atoms. The van der Waals surface area contributed by atoms with Gasteiger partial charge in [0.1, 0.15) is 45.6 Å². The van der Waals surface area contributed by atoms with Gasteiger partial charge in [-0.1, -0.05) is 35.9 Å². The molecule has 13 nitrogen and oxygen atoms in total. The Morgan fingerprint density at radius 1 is 0.882 bits per heavy atom. The zero-order valence-corrected chi connectivity index (χ0v) is 43.8. The summed E-state index contributed by atoms with van der Waals surface area (Å²) in [4.78, 5) is 35.3. The molecule has 1 spiro atoms. The van der Waals surface area contributed by atoms with Gasteiger partial charge in [-0.3, -0.25) is 4.90 Å². The van der Waals surface area contributed by atoms with Crippen molar-refractivity contribution < 1.29 is 59.2 Å². The average Bonchev–Trinajstić information content (AvgIpc) is 4.39. The number of carbonyl (C=O) groups excluding carboxylic acids is 1. The minimum atomic E-state index is -5.34. The Morgan fingerprint density at radius 3 is 2.05 bits per heavy atom. The van der Waals surface area contributed by atoms with E-state index in [-0.39, 0.29) is 72.9 Å². The summed E-state index contributed by atoms with van der Waals surface area (Å²) in [5.41, 5.74) is -5.08. The Kier molecular flexibility index (Phi) is 12.9. The summed E-state index contributed by atoms with van der Waals surface area (Å²) < 4.78 is 140. The van der Waals surface area contributed by atoms with Crippen LogP contribution < -0.4 is 28.7 Å². The molecule has 5 aromatic rings. The smallest absolute Gasteiger partial charge is 0.418 e. The fraction of sp³-hybridized carbons (Fsp3) is 0.527. The lowest BCUT2D eigenvalue weighted by Crippen LogP contribution is -2.65. The second-order valence-corrected chi connectivity index (χ2v) is 22.9. The fourth-order valence-electron chi connectivity index (χ4n) is 12.0. The van der Waals surface area contributed by atoms with Crippen LogP contribution in [0.3, 0.4) is 0 Å². The van der Waals surface area contributed by atoms with Gasteiger partial charge < -0.3 is 38.4 Å². The molecule has 0 unspecified atom stereocenters. The van der Waals surface area contributed by atoms with E-state index in [0.717, 1.165) is 18.9 Å². The molecule has 3 saturated heterocycles. The summed E-state index contributed by atoms with van der Waals surface area (Å²) in [5, 5.41) is -1.33. The van der Waals surface area contributed by atoms with Crippen molar-refractivity contribution in [2.45, 2.75) is 128 Å². The number of fused-ring (bicyclic) bond motifs is 5. The zero-order chi connectivity index (χ0) is 53.9. The van der Waals surface area contributed by atoms with Gasteiger partial charge in [-0.2, -0.15) is 23.1 Å². The molecular formula is C55H59ClF7N7O6. The van der Waals surface area contributed by atoms with Gasteiger partial charge in [0, 0.05) is 49.0 Å². The summed E-state index contributed by atoms with van der Waals surface area (Å²) >= 11 is 6.54. The number of methoxy groups -OCH3 is 2. The van der Waals surface area contributed by atoms with E-state index in [1.807, 2.05) is 4.90 Å². The van der Waals surface area contributed by atoms with E-state index in [4.69, 9.17) is 40.3 Å². The topological polar surface area (TPSA) is 115 Å². The highest BCUT2D eigenvalue weighted by Crippen LogP contribution is 2.66. The molecule has 0 radical (unpaired) electrons. The van der Waals surface area contributed by atoms with Crippen LogP contribution in [0.5, 0.6) is 23.4 Å². The third-order valence-electron chi connectivity index (χ3n) is 16.3. The molecule has 6 heterocycles. The number of ether oxygens (including phenoxy) is 5. The van der Waals surface area contributed by atoms with Crippen molar-refractivity contribution in [3.63, 3.8) is 0 Å². The largest absolute Gasteiger partial charge is 0.497 e. The number of anilines is 2. The van der Waals surface area contributed by atoms with Gasteiger partial charge in [-0.25, -0.2) is 27.3 Å². The molecular weight excluding hydrogens is 1020 g/mol. The minimum Gasteiger partial charge on any atom is -0.497 e. The van der Waals surface area contributed by atoms with E-state index >= 15 is 22.0 Å². The maximum Gasteiger partial charge on any atom is 0.418 e. The van der Waals surface area contributed by atoms with Gasteiger partial charge in [-0.05, 0) is 121 Å². The number of hydrogen-bond acceptors (Lipinski definition) is 12. The molecule has 21 heteroatoms. The van der Waals surface area contributed by atoms with E-state index in [1.54, 1.807) is 81.1 Å². The molecule has 2 saturated carbocycles. The lowest BCUT2D eigenvalue weighted by molar-refractivity contribution is -0.137. The lowest BCUT2D eigenvalue weighted by Gasteiger charge is -2.48. The quantitative estimate of drug-likeness (QED) is 0.105. The Labute approximate surface area is 440 Å². The molecule has 0 N–H and O–H groups in total. The van der Waals surface area contributed by atoms with Crippen molar-refractivity contribution in [2.24, 2.45) is 10.8 Å². The molecule has 406 valence electrons. The number of piperazine rings is 1. The molecule has 2 aliphatic carbocycles. The van der Waals surface area contributed by atoms with E-state index < -0.39 is 86.4 Å². The average molecular weight is 1080 g/mol. The van der Waals surface area contributed by atoms with Crippen molar-refractivity contribution in [3.05, 3.63) is 87.9 Å². The minimum absolute atomic E-state index is 0.0315. The van der Waals surface area contributed by atoms with Gasteiger partial charge in [0.05, 0.1) is 55.2 Å². The molecule has 5 fully saturated rings. The molecule has 2 bridgehead atoms. The molecule has 3 aromatic carbocycles. The van der Waals surface area contributed by atoms with Crippen molar-refractivity contribution in [1.82, 2.24) is 24.8 Å². The number of pyridine rings is 1. The SMILES string of the molecule is COc1ccc(CN(Cc2ccc(OC)cc2)c2cc(-c3nc4c5c(nc(OCC6(CN7CCC8(CC7)CC8(F)F)CC6)nc5c3F)N3C[C@H]5CC[C@@H]([C@H]3[C@H](C)O4)N5C(=O)OC(C)(C)C)c(C(F)(F)F)c(Cl)c2F)cc1. The van der Waals surface area contributed by atoms with Crippen molar-refractivity contribution in [3.8, 4) is 34.6 Å². The van der Waals surface area contributed by atoms with Crippen LogP contribution in [0.4, 0.5) is 47.0 Å². The zero-order valence-electron chi connectivity index (χ0n) is 43.0. The first-order valence-corrected chi connectivity index (χ1v) is 26.1. The number of halogens is 8. The number of amides is 1. The Morgan fingerprint density at radius 2 is 1.50 bits per heavy atom. The highest BCUT2D eigenvalue weighted by molar-refractivity contribution is 6.32. The van der Waals surface area contributed by atoms with Crippen LogP contribution in [0.1, 0.15) is 89.3 Å². The highest BCUT2D eigenvalue weighted by Gasteiger charge is 2.70. The highest BCUT2D eigenvalue weighted by atomic mass is 35.5. The first-order chi connectivity index (χ1) is 36.0. The maximum atomic E-state index is 18.1. The van der Waals surface area contributed by atoms with Crippen LogP contribution in [-0.2, 0) is 24.0 Å². The third-order valence-corrected chi connectivity index (χ3v) is 16.6. The van der Waals surface area contributed by atoms with E-state index in [1.165, 1.54) is 19.1 Å². The number of carbonyl (C=O) groups is 1. The van der Waals surface area contributed by atoms with Crippen LogP contribution in [0.2, 0.25) is 5.02 Å². The molecule has 11 rings (SSSR count). The number of aromatic nitrogens is 3. The van der Waals surface area contributed by atoms with E-state index in [0.29, 0.717) is 67.9 Å². The van der Waals surface area contributed by atoms with Crippen LogP contribution in [0.25, 0.3) is 22.2 Å². The van der Waals surface area contributed by atoms with Crippen molar-refractivity contribution in [1.29, 1.82) is 0 Å². The molecule has 1 amide bonds. The number of likely N-dealkylation sites (tertiary alicyclic amines) is 1. The second kappa shape index (κ2) is 18.9. The number of nitrogens with zero attached hydrogens (tertiary/aromatic N) is 7. The summed E-state index contributed by atoms with van der Waals surface area (Å²) in [7, 11) is 3.00. The third kappa shape index (κ3) is 9.52. The van der Waals surface area contributed by atoms with Gasteiger partial charge in [0.15, 0.2) is 11.6 Å². The molecule has 4 atom stereocenters. The second-order valence-electron chi connectivity index (χ2n) is 22.5. The van der Waals surface area contributed by atoms with Gasteiger partial charge in [0.25, 0.3) is 5.92 Å². The summed E-state index contributed by atoms with van der Waals surface area (Å²) in [5.74, 6) is -4.37. The monoisotopic (exact) mass is 1080 g/mol. The number of rotatable bonds is 13. The normalized spacial score (nSPS) is 22.9. The fourth-order valence-corrected chi connectivity index (χ4v) is 12.3. The number of hydrogen-bond donors (Lipinski definition) is 0. The molecule has 4 aliphatic heterocycles. The number of piperidine rings is 1. The van der Waals surface area contributed by atoms with Gasteiger partial charge in [0.2, 0.25) is 5.88 Å². The Hall–Kier alpha value is -6.02. The van der Waals surface area contributed by atoms with E-state index in [9.17, 15) is 13.6 Å². The van der Waals surface area contributed by atoms with Crippen molar-refractivity contribution in [2.75, 3.05) is 56.8 Å². The first-order valence-electron chi connectivity index (χ1n) is 25.7. The Balaban J connectivity index is 1.03. The molecule has 6 aliphatic rings.